The fourth-order valence-corrected chi connectivity index (χ4v) is 6.00. The average molecular weight is 621 g/mol. The van der Waals surface area contributed by atoms with E-state index in [2.05, 4.69) is 5.32 Å². The van der Waals surface area contributed by atoms with Crippen LogP contribution in [0.3, 0.4) is 0 Å². The highest BCUT2D eigenvalue weighted by molar-refractivity contribution is 7.92. The average Bonchev–Trinajstić information content (AvgIpc) is 2.98. The summed E-state index contributed by atoms with van der Waals surface area (Å²) < 4.78 is 40.1. The van der Waals surface area contributed by atoms with E-state index in [4.69, 9.17) is 32.7 Å². The number of amides is 2. The lowest BCUT2D eigenvalue weighted by molar-refractivity contribution is -0.139. The number of fused-ring (bicyclic) bond motifs is 1. The van der Waals surface area contributed by atoms with Gasteiger partial charge in [-0.25, -0.2) is 8.42 Å². The van der Waals surface area contributed by atoms with E-state index in [9.17, 15) is 18.0 Å². The maximum atomic E-state index is 14.0. The first-order valence-corrected chi connectivity index (χ1v) is 15.3. The summed E-state index contributed by atoms with van der Waals surface area (Å²) in [5.74, 6) is -0.109. The van der Waals surface area contributed by atoms with Crippen molar-refractivity contribution < 1.29 is 27.5 Å². The Bertz CT molecular complexity index is 1500. The van der Waals surface area contributed by atoms with Crippen molar-refractivity contribution in [3.8, 4) is 11.5 Å². The number of carbonyl (C=O) groups is 2. The molecule has 1 atom stereocenters. The summed E-state index contributed by atoms with van der Waals surface area (Å²) in [6.45, 7) is 4.05. The van der Waals surface area contributed by atoms with E-state index in [1.165, 1.54) is 23.1 Å². The van der Waals surface area contributed by atoms with Crippen molar-refractivity contribution in [2.24, 2.45) is 0 Å². The Labute approximate surface area is 250 Å². The molecule has 1 N–H and O–H groups in total. The van der Waals surface area contributed by atoms with Crippen LogP contribution in [0.2, 0.25) is 10.0 Å². The predicted molar refractivity (Wildman–Crippen MR) is 158 cm³/mol. The number of nitrogens with one attached hydrogen (secondary N) is 1. The zero-order valence-electron chi connectivity index (χ0n) is 22.7. The number of hydrogen-bond donors (Lipinski definition) is 1. The van der Waals surface area contributed by atoms with Crippen molar-refractivity contribution in [2.45, 2.75) is 37.8 Å². The minimum atomic E-state index is -4.20. The first kappa shape index (κ1) is 30.5. The summed E-state index contributed by atoms with van der Waals surface area (Å²) in [6.07, 6.45) is 0.715. The first-order valence-electron chi connectivity index (χ1n) is 13.1. The highest BCUT2D eigenvalue weighted by atomic mass is 35.5. The van der Waals surface area contributed by atoms with Crippen LogP contribution < -0.4 is 19.1 Å². The molecule has 1 aliphatic heterocycles. The smallest absolute Gasteiger partial charge is 0.264 e. The van der Waals surface area contributed by atoms with E-state index < -0.39 is 28.5 Å². The zero-order valence-corrected chi connectivity index (χ0v) is 25.0. The van der Waals surface area contributed by atoms with Gasteiger partial charge in [0.1, 0.15) is 25.8 Å². The fourth-order valence-electron chi connectivity index (χ4n) is 4.25. The van der Waals surface area contributed by atoms with E-state index in [1.54, 1.807) is 55.5 Å². The van der Waals surface area contributed by atoms with Crippen molar-refractivity contribution in [1.29, 1.82) is 0 Å². The lowest BCUT2D eigenvalue weighted by Crippen LogP contribution is -2.51. The molecular weight excluding hydrogens is 589 g/mol. The predicted octanol–water partition coefficient (Wildman–Crippen LogP) is 4.90. The molecule has 12 heteroatoms. The summed E-state index contributed by atoms with van der Waals surface area (Å²) in [5.41, 5.74) is 0.837. The Morgan fingerprint density at radius 1 is 0.951 bits per heavy atom. The van der Waals surface area contributed by atoms with Crippen molar-refractivity contribution in [2.75, 3.05) is 30.6 Å². The zero-order chi connectivity index (χ0) is 29.6. The number of benzene rings is 3. The largest absolute Gasteiger partial charge is 0.486 e. The second-order valence-corrected chi connectivity index (χ2v) is 12.1. The van der Waals surface area contributed by atoms with Crippen LogP contribution in [0.1, 0.15) is 25.8 Å². The molecule has 41 heavy (non-hydrogen) atoms. The molecule has 0 unspecified atom stereocenters. The molecule has 9 nitrogen and oxygen atoms in total. The van der Waals surface area contributed by atoms with Gasteiger partial charge < -0.3 is 19.7 Å². The Balaban J connectivity index is 1.73. The van der Waals surface area contributed by atoms with Gasteiger partial charge in [-0.15, -0.1) is 0 Å². The Morgan fingerprint density at radius 3 is 2.34 bits per heavy atom. The summed E-state index contributed by atoms with van der Waals surface area (Å²) in [7, 11) is -4.20. The van der Waals surface area contributed by atoms with Crippen LogP contribution in [0.4, 0.5) is 5.69 Å². The van der Waals surface area contributed by atoms with Gasteiger partial charge in [-0.3, -0.25) is 13.9 Å². The van der Waals surface area contributed by atoms with Crippen LogP contribution in [0.5, 0.6) is 11.5 Å². The molecule has 218 valence electrons. The van der Waals surface area contributed by atoms with Crippen molar-refractivity contribution in [3.05, 3.63) is 82.3 Å². The van der Waals surface area contributed by atoms with Crippen molar-refractivity contribution in [1.82, 2.24) is 10.2 Å². The van der Waals surface area contributed by atoms with Crippen LogP contribution >= 0.6 is 23.2 Å². The quantitative estimate of drug-likeness (QED) is 0.327. The Hall–Kier alpha value is -3.47. The minimum absolute atomic E-state index is 0.00318. The van der Waals surface area contributed by atoms with E-state index >= 15 is 0 Å². The number of sulfonamides is 1. The standard InChI is InChI=1S/C29H31Cl2N3O6S/c1-3-13-32-29(36)20(2)33(18-21-9-11-24(30)25(31)16-21)28(35)19-34(41(37,38)23-7-5-4-6-8-23)22-10-12-26-27(17-22)40-15-14-39-26/h4-12,16-17,20H,3,13-15,18-19H2,1-2H3,(H,32,36)/t20-/m0/s1. The second kappa shape index (κ2) is 13.5. The van der Waals surface area contributed by atoms with Gasteiger partial charge in [0.2, 0.25) is 11.8 Å². The number of ether oxygens (including phenoxy) is 2. The SMILES string of the molecule is CCCNC(=O)[C@H](C)N(Cc1ccc(Cl)c(Cl)c1)C(=O)CN(c1ccc2c(c1)OCCO2)S(=O)(=O)c1ccccc1. The molecule has 3 aromatic carbocycles. The third-order valence-electron chi connectivity index (χ3n) is 6.48. The Morgan fingerprint density at radius 2 is 1.66 bits per heavy atom. The third-order valence-corrected chi connectivity index (χ3v) is 9.00. The summed E-state index contributed by atoms with van der Waals surface area (Å²) >= 11 is 12.3. The lowest BCUT2D eigenvalue weighted by Gasteiger charge is -2.32. The lowest BCUT2D eigenvalue weighted by atomic mass is 10.1. The van der Waals surface area contributed by atoms with Crippen LogP contribution in [-0.2, 0) is 26.2 Å². The number of nitrogens with zero attached hydrogens (tertiary/aromatic N) is 2. The highest BCUT2D eigenvalue weighted by Crippen LogP contribution is 2.36. The maximum Gasteiger partial charge on any atom is 0.264 e. The molecule has 2 amide bonds. The van der Waals surface area contributed by atoms with Gasteiger partial charge in [0.25, 0.3) is 10.0 Å². The third kappa shape index (κ3) is 7.25. The molecule has 0 saturated heterocycles. The van der Waals surface area contributed by atoms with Gasteiger partial charge in [0.15, 0.2) is 11.5 Å². The molecule has 1 aliphatic rings. The normalized spacial score (nSPS) is 13.3. The molecule has 3 aromatic rings. The molecule has 0 bridgehead atoms. The highest BCUT2D eigenvalue weighted by Gasteiger charge is 2.33. The van der Waals surface area contributed by atoms with Gasteiger partial charge in [0.05, 0.1) is 20.6 Å². The van der Waals surface area contributed by atoms with E-state index in [0.717, 1.165) is 4.31 Å². The molecule has 0 spiro atoms. The number of halogens is 2. The van der Waals surface area contributed by atoms with Gasteiger partial charge in [0, 0.05) is 19.2 Å². The van der Waals surface area contributed by atoms with E-state index in [0.29, 0.717) is 53.3 Å². The monoisotopic (exact) mass is 619 g/mol. The molecular formula is C29H31Cl2N3O6S. The molecule has 0 saturated carbocycles. The van der Waals surface area contributed by atoms with Crippen LogP contribution in [0.15, 0.2) is 71.6 Å². The second-order valence-electron chi connectivity index (χ2n) is 9.39. The maximum absolute atomic E-state index is 14.0. The molecule has 1 heterocycles. The van der Waals surface area contributed by atoms with Crippen LogP contribution in [0.25, 0.3) is 0 Å². The van der Waals surface area contributed by atoms with Crippen LogP contribution in [-0.4, -0.2) is 57.5 Å². The number of anilines is 1. The van der Waals surface area contributed by atoms with Crippen molar-refractivity contribution in [3.63, 3.8) is 0 Å². The van der Waals surface area contributed by atoms with Gasteiger partial charge in [-0.05, 0) is 55.3 Å². The van der Waals surface area contributed by atoms with Gasteiger partial charge in [-0.1, -0.05) is 54.4 Å². The molecule has 4 rings (SSSR count). The molecule has 0 fully saturated rings. The topological polar surface area (TPSA) is 105 Å². The fraction of sp³-hybridized carbons (Fsp3) is 0.310. The van der Waals surface area contributed by atoms with E-state index in [1.807, 2.05) is 6.92 Å². The van der Waals surface area contributed by atoms with Crippen LogP contribution in [0, 0.1) is 0 Å². The summed E-state index contributed by atoms with van der Waals surface area (Å²) in [5, 5.41) is 3.45. The molecule has 0 aromatic heterocycles. The van der Waals surface area contributed by atoms with Gasteiger partial charge >= 0.3 is 0 Å². The number of rotatable bonds is 11. The van der Waals surface area contributed by atoms with Gasteiger partial charge in [-0.2, -0.15) is 0 Å². The first-order chi connectivity index (χ1) is 19.6. The molecule has 0 radical (unpaired) electrons. The summed E-state index contributed by atoms with van der Waals surface area (Å²) in [6, 6.07) is 16.5. The molecule has 0 aliphatic carbocycles. The van der Waals surface area contributed by atoms with Crippen molar-refractivity contribution >= 4 is 50.7 Å². The Kier molecular flexibility index (Phi) is 10.0. The summed E-state index contributed by atoms with van der Waals surface area (Å²) in [4.78, 5) is 28.3. The van der Waals surface area contributed by atoms with E-state index in [-0.39, 0.29) is 23.0 Å². The minimum Gasteiger partial charge on any atom is -0.486 e. The number of hydrogen-bond acceptors (Lipinski definition) is 6. The number of carbonyl (C=O) groups excluding carboxylic acids is 2.